The van der Waals surface area contributed by atoms with E-state index in [4.69, 9.17) is 9.47 Å². The molecule has 1 saturated heterocycles. The van der Waals surface area contributed by atoms with Crippen LogP contribution in [0.5, 0.6) is 11.5 Å². The number of hydrogen-bond donors (Lipinski definition) is 1. The lowest BCUT2D eigenvalue weighted by atomic mass is 10.1. The van der Waals surface area contributed by atoms with E-state index in [0.29, 0.717) is 31.1 Å². The molecule has 0 aliphatic carbocycles. The van der Waals surface area contributed by atoms with Crippen molar-refractivity contribution in [1.82, 2.24) is 4.90 Å². The van der Waals surface area contributed by atoms with Crippen molar-refractivity contribution >= 4 is 17.5 Å². The lowest BCUT2D eigenvalue weighted by Gasteiger charge is -2.31. The van der Waals surface area contributed by atoms with Crippen molar-refractivity contribution in [3.8, 4) is 11.5 Å². The first-order valence-electron chi connectivity index (χ1n) is 8.69. The van der Waals surface area contributed by atoms with E-state index >= 15 is 0 Å². The summed E-state index contributed by atoms with van der Waals surface area (Å²) in [6, 6.07) is 16.6. The van der Waals surface area contributed by atoms with Gasteiger partial charge in [-0.1, -0.05) is 18.2 Å². The second kappa shape index (κ2) is 8.49. The highest BCUT2D eigenvalue weighted by Gasteiger charge is 2.30. The van der Waals surface area contributed by atoms with Crippen molar-refractivity contribution in [3.05, 3.63) is 54.6 Å². The topological polar surface area (TPSA) is 67.9 Å². The zero-order valence-corrected chi connectivity index (χ0v) is 14.7. The smallest absolute Gasteiger partial charge is 0.252 e. The molecule has 26 heavy (non-hydrogen) atoms. The molecule has 0 spiro atoms. The molecular weight excluding hydrogens is 332 g/mol. The van der Waals surface area contributed by atoms with Crippen molar-refractivity contribution in [3.63, 3.8) is 0 Å². The van der Waals surface area contributed by atoms with Gasteiger partial charge >= 0.3 is 0 Å². The number of carbonyl (C=O) groups excluding carboxylic acids is 2. The zero-order chi connectivity index (χ0) is 18.4. The molecule has 1 atom stereocenters. The Morgan fingerprint density at radius 1 is 1.15 bits per heavy atom. The Bertz CT molecular complexity index is 746. The number of carbonyl (C=O) groups is 2. The van der Waals surface area contributed by atoms with Gasteiger partial charge in [0.25, 0.3) is 5.91 Å². The van der Waals surface area contributed by atoms with E-state index in [-0.39, 0.29) is 18.2 Å². The molecule has 3 rings (SSSR count). The number of amides is 2. The molecule has 0 saturated carbocycles. The monoisotopic (exact) mass is 354 g/mol. The van der Waals surface area contributed by atoms with Crippen LogP contribution in [-0.2, 0) is 14.3 Å². The van der Waals surface area contributed by atoms with Crippen molar-refractivity contribution in [2.45, 2.75) is 19.4 Å². The van der Waals surface area contributed by atoms with Crippen molar-refractivity contribution in [2.75, 3.05) is 25.0 Å². The molecule has 1 heterocycles. The van der Waals surface area contributed by atoms with E-state index in [1.165, 1.54) is 0 Å². The lowest BCUT2D eigenvalue weighted by Crippen LogP contribution is -2.48. The van der Waals surface area contributed by atoms with Crippen LogP contribution in [0.3, 0.4) is 0 Å². The predicted octanol–water partition coefficient (Wildman–Crippen LogP) is 3.05. The molecule has 0 aromatic heterocycles. The van der Waals surface area contributed by atoms with Gasteiger partial charge in [0.2, 0.25) is 5.91 Å². The maximum atomic E-state index is 12.2. The molecule has 1 aliphatic heterocycles. The van der Waals surface area contributed by atoms with Crippen LogP contribution in [0, 0.1) is 0 Å². The maximum absolute atomic E-state index is 12.2. The van der Waals surface area contributed by atoms with Crippen LogP contribution >= 0.6 is 0 Å². The van der Waals surface area contributed by atoms with E-state index in [0.717, 1.165) is 5.75 Å². The van der Waals surface area contributed by atoms with Crippen LogP contribution in [-0.4, -0.2) is 42.5 Å². The minimum Gasteiger partial charge on any atom is -0.457 e. The zero-order valence-electron chi connectivity index (χ0n) is 14.7. The quantitative estimate of drug-likeness (QED) is 0.866. The van der Waals surface area contributed by atoms with E-state index in [1.807, 2.05) is 37.3 Å². The highest BCUT2D eigenvalue weighted by atomic mass is 16.5. The number of benzene rings is 2. The Kier molecular flexibility index (Phi) is 5.86. The number of hydrogen-bond acceptors (Lipinski definition) is 4. The third-order valence-corrected chi connectivity index (χ3v) is 4.14. The molecule has 1 N–H and O–H groups in total. The third kappa shape index (κ3) is 4.61. The summed E-state index contributed by atoms with van der Waals surface area (Å²) in [6.07, 6.45) is -0.693. The Balaban J connectivity index is 1.53. The first-order valence-corrected chi connectivity index (χ1v) is 8.69. The van der Waals surface area contributed by atoms with Gasteiger partial charge in [-0.2, -0.15) is 0 Å². The molecule has 1 fully saturated rings. The van der Waals surface area contributed by atoms with E-state index in [2.05, 4.69) is 5.32 Å². The van der Waals surface area contributed by atoms with Gasteiger partial charge < -0.3 is 19.7 Å². The number of likely N-dealkylation sites (N-methyl/N-ethyl adjacent to an activating group) is 1. The summed E-state index contributed by atoms with van der Waals surface area (Å²) in [6.45, 7) is 3.59. The number of nitrogens with zero attached hydrogens (tertiary/aromatic N) is 1. The number of rotatable bonds is 6. The van der Waals surface area contributed by atoms with Crippen LogP contribution < -0.4 is 10.1 Å². The fourth-order valence-electron chi connectivity index (χ4n) is 2.76. The molecular formula is C20H22N2O4. The van der Waals surface area contributed by atoms with Crippen LogP contribution in [0.25, 0.3) is 0 Å². The summed E-state index contributed by atoms with van der Waals surface area (Å²) in [7, 11) is 0. The summed E-state index contributed by atoms with van der Waals surface area (Å²) < 4.78 is 11.2. The molecule has 0 bridgehead atoms. The Morgan fingerprint density at radius 2 is 1.85 bits per heavy atom. The number of para-hydroxylation sites is 1. The normalized spacial score (nSPS) is 17.0. The molecule has 1 aliphatic rings. The fraction of sp³-hybridized carbons (Fsp3) is 0.300. The van der Waals surface area contributed by atoms with Crippen molar-refractivity contribution in [1.29, 1.82) is 0 Å². The van der Waals surface area contributed by atoms with Crippen LogP contribution in [0.4, 0.5) is 5.69 Å². The average molecular weight is 354 g/mol. The van der Waals surface area contributed by atoms with Crippen LogP contribution in [0.2, 0.25) is 0 Å². The summed E-state index contributed by atoms with van der Waals surface area (Å²) in [5, 5.41) is 2.79. The van der Waals surface area contributed by atoms with E-state index < -0.39 is 6.10 Å². The summed E-state index contributed by atoms with van der Waals surface area (Å²) in [4.78, 5) is 26.1. The molecule has 2 aromatic rings. The second-order valence-corrected chi connectivity index (χ2v) is 5.97. The molecule has 2 amide bonds. The van der Waals surface area contributed by atoms with Gasteiger partial charge in [-0.25, -0.2) is 0 Å². The van der Waals surface area contributed by atoms with Gasteiger partial charge in [-0.05, 0) is 43.3 Å². The number of morpholine rings is 1. The first kappa shape index (κ1) is 17.9. The molecule has 2 aromatic carbocycles. The minimum absolute atomic E-state index is 0.0115. The van der Waals surface area contributed by atoms with Gasteiger partial charge in [0.05, 0.1) is 13.0 Å². The molecule has 6 nitrogen and oxygen atoms in total. The fourth-order valence-corrected chi connectivity index (χ4v) is 2.76. The third-order valence-electron chi connectivity index (χ3n) is 4.14. The number of ether oxygens (including phenoxy) is 2. The Morgan fingerprint density at radius 3 is 2.54 bits per heavy atom. The highest BCUT2D eigenvalue weighted by molar-refractivity contribution is 5.95. The molecule has 136 valence electrons. The first-order chi connectivity index (χ1) is 12.7. The standard InChI is InChI=1S/C20H22N2O4/c1-2-22-12-13-25-18(20(22)24)14-19(23)21-15-8-10-17(11-9-15)26-16-6-4-3-5-7-16/h3-11,18H,2,12-14H2,1H3,(H,21,23). The molecule has 1 unspecified atom stereocenters. The van der Waals surface area contributed by atoms with Crippen LogP contribution in [0.15, 0.2) is 54.6 Å². The average Bonchev–Trinajstić information content (AvgIpc) is 2.66. The largest absolute Gasteiger partial charge is 0.457 e. The maximum Gasteiger partial charge on any atom is 0.252 e. The molecule has 0 radical (unpaired) electrons. The van der Waals surface area contributed by atoms with Gasteiger partial charge in [-0.15, -0.1) is 0 Å². The second-order valence-electron chi connectivity index (χ2n) is 5.97. The Hall–Kier alpha value is -2.86. The predicted molar refractivity (Wildman–Crippen MR) is 98.2 cm³/mol. The van der Waals surface area contributed by atoms with E-state index in [9.17, 15) is 9.59 Å². The number of nitrogens with one attached hydrogen (secondary N) is 1. The van der Waals surface area contributed by atoms with Crippen molar-refractivity contribution < 1.29 is 19.1 Å². The summed E-state index contributed by atoms with van der Waals surface area (Å²) in [5.41, 5.74) is 0.644. The highest BCUT2D eigenvalue weighted by Crippen LogP contribution is 2.23. The van der Waals surface area contributed by atoms with Crippen molar-refractivity contribution in [2.24, 2.45) is 0 Å². The van der Waals surface area contributed by atoms with Crippen LogP contribution in [0.1, 0.15) is 13.3 Å². The summed E-state index contributed by atoms with van der Waals surface area (Å²) in [5.74, 6) is 1.05. The van der Waals surface area contributed by atoms with Gasteiger partial charge in [0, 0.05) is 18.8 Å². The minimum atomic E-state index is -0.704. The van der Waals surface area contributed by atoms with Gasteiger partial charge in [0.1, 0.15) is 17.6 Å². The summed E-state index contributed by atoms with van der Waals surface area (Å²) >= 11 is 0. The number of anilines is 1. The lowest BCUT2D eigenvalue weighted by molar-refractivity contribution is -0.154. The SMILES string of the molecule is CCN1CCOC(CC(=O)Nc2ccc(Oc3ccccc3)cc2)C1=O. The van der Waals surface area contributed by atoms with Gasteiger partial charge in [-0.3, -0.25) is 9.59 Å². The van der Waals surface area contributed by atoms with E-state index in [1.54, 1.807) is 29.2 Å². The van der Waals surface area contributed by atoms with Gasteiger partial charge in [0.15, 0.2) is 0 Å². The Labute approximate surface area is 152 Å². The molecule has 6 heteroatoms.